The van der Waals surface area contributed by atoms with Crippen molar-refractivity contribution in [2.75, 3.05) is 0 Å². The van der Waals surface area contributed by atoms with E-state index in [2.05, 4.69) is 20.8 Å². The summed E-state index contributed by atoms with van der Waals surface area (Å²) < 4.78 is 2.33. The lowest BCUT2D eigenvalue weighted by Crippen LogP contribution is -2.10. The van der Waals surface area contributed by atoms with Crippen molar-refractivity contribution in [2.24, 2.45) is 0 Å². The second kappa shape index (κ2) is 4.54. The highest BCUT2D eigenvalue weighted by Gasteiger charge is 2.23. The molecule has 0 aliphatic carbocycles. The molecular weight excluding hydrogens is 293 g/mol. The van der Waals surface area contributed by atoms with Gasteiger partial charge in [-0.3, -0.25) is 5.10 Å². The van der Waals surface area contributed by atoms with Crippen LogP contribution in [0.5, 0.6) is 0 Å². The van der Waals surface area contributed by atoms with Gasteiger partial charge in [-0.15, -0.1) is 0 Å². The van der Waals surface area contributed by atoms with Crippen molar-refractivity contribution in [3.05, 3.63) is 40.3 Å². The van der Waals surface area contributed by atoms with Gasteiger partial charge in [0, 0.05) is 34.9 Å². The van der Waals surface area contributed by atoms with Gasteiger partial charge in [0.2, 0.25) is 0 Å². The summed E-state index contributed by atoms with van der Waals surface area (Å²) in [5.74, 6) is 0. The predicted octanol–water partition coefficient (Wildman–Crippen LogP) is 4.67. The molecule has 3 heterocycles. The number of aromatic nitrogens is 3. The molecule has 3 aromatic rings. The molecule has 0 atom stereocenters. The van der Waals surface area contributed by atoms with E-state index in [9.17, 15) is 0 Å². The Balaban J connectivity index is 2.15. The molecule has 4 rings (SSSR count). The minimum absolute atomic E-state index is 0.615. The van der Waals surface area contributed by atoms with E-state index in [1.165, 1.54) is 24.1 Å². The highest BCUT2D eigenvalue weighted by molar-refractivity contribution is 6.45. The first kappa shape index (κ1) is 12.3. The second-order valence-corrected chi connectivity index (χ2v) is 5.96. The molecule has 1 aliphatic rings. The molecule has 1 aliphatic heterocycles. The topological polar surface area (TPSA) is 33.6 Å². The van der Waals surface area contributed by atoms with Gasteiger partial charge in [0.1, 0.15) is 0 Å². The van der Waals surface area contributed by atoms with Gasteiger partial charge in [0.25, 0.3) is 0 Å². The van der Waals surface area contributed by atoms with Crippen LogP contribution in [0, 0.1) is 0 Å². The SMILES string of the molecule is Clc1ccc2c(-c3cn[nH]c3)c3n(c2c1Cl)CCCC3. The summed E-state index contributed by atoms with van der Waals surface area (Å²) in [5.41, 5.74) is 4.76. The van der Waals surface area contributed by atoms with Gasteiger partial charge in [0.15, 0.2) is 0 Å². The van der Waals surface area contributed by atoms with Crippen LogP contribution < -0.4 is 0 Å². The Kier molecular flexibility index (Phi) is 2.79. The summed E-state index contributed by atoms with van der Waals surface area (Å²) in [6, 6.07) is 3.94. The zero-order valence-corrected chi connectivity index (χ0v) is 12.3. The smallest absolute Gasteiger partial charge is 0.0835 e. The molecule has 0 saturated carbocycles. The molecular formula is C15H13Cl2N3. The molecule has 3 nitrogen and oxygen atoms in total. The average molecular weight is 306 g/mol. The van der Waals surface area contributed by atoms with Crippen LogP contribution in [-0.2, 0) is 13.0 Å². The van der Waals surface area contributed by atoms with Gasteiger partial charge in [-0.1, -0.05) is 29.3 Å². The summed E-state index contributed by atoms with van der Waals surface area (Å²) in [6.07, 6.45) is 7.28. The van der Waals surface area contributed by atoms with E-state index >= 15 is 0 Å². The molecule has 0 radical (unpaired) electrons. The minimum Gasteiger partial charge on any atom is -0.343 e. The van der Waals surface area contributed by atoms with Crippen molar-refractivity contribution in [3.8, 4) is 11.1 Å². The quantitative estimate of drug-likeness (QED) is 0.696. The normalized spacial score (nSPS) is 14.7. The number of rotatable bonds is 1. The van der Waals surface area contributed by atoms with E-state index < -0.39 is 0 Å². The van der Waals surface area contributed by atoms with E-state index in [1.807, 2.05) is 18.5 Å². The van der Waals surface area contributed by atoms with Gasteiger partial charge in [-0.25, -0.2) is 0 Å². The Hall–Kier alpha value is -1.45. The summed E-state index contributed by atoms with van der Waals surface area (Å²) in [7, 11) is 0. The van der Waals surface area contributed by atoms with Crippen molar-refractivity contribution in [3.63, 3.8) is 0 Å². The number of nitrogens with zero attached hydrogens (tertiary/aromatic N) is 2. The summed E-state index contributed by atoms with van der Waals surface area (Å²) in [4.78, 5) is 0. The number of aromatic amines is 1. The van der Waals surface area contributed by atoms with Crippen LogP contribution in [0.25, 0.3) is 22.0 Å². The van der Waals surface area contributed by atoms with Gasteiger partial charge in [-0.05, 0) is 25.3 Å². The Bertz CT molecular complexity index is 787. The van der Waals surface area contributed by atoms with Crippen LogP contribution in [0.4, 0.5) is 0 Å². The summed E-state index contributed by atoms with van der Waals surface area (Å²) >= 11 is 12.7. The Morgan fingerprint density at radius 2 is 2.10 bits per heavy atom. The number of fused-ring (bicyclic) bond motifs is 3. The fraction of sp³-hybridized carbons (Fsp3) is 0.267. The molecule has 0 fully saturated rings. The number of benzene rings is 1. The molecule has 0 amide bonds. The standard InChI is InChI=1S/C15H13Cl2N3/c16-11-5-4-10-13(9-7-18-19-8-9)12-3-1-2-6-20(12)15(10)14(11)17/h4-5,7-8H,1-3,6H2,(H,18,19). The Morgan fingerprint density at radius 1 is 1.20 bits per heavy atom. The maximum atomic E-state index is 6.46. The van der Waals surface area contributed by atoms with Crippen molar-refractivity contribution >= 4 is 34.1 Å². The Labute approximate surface area is 126 Å². The van der Waals surface area contributed by atoms with Gasteiger partial charge >= 0.3 is 0 Å². The highest BCUT2D eigenvalue weighted by Crippen LogP contribution is 2.42. The van der Waals surface area contributed by atoms with Gasteiger partial charge in [0.05, 0.1) is 21.8 Å². The monoisotopic (exact) mass is 305 g/mol. The van der Waals surface area contributed by atoms with Crippen molar-refractivity contribution in [1.29, 1.82) is 0 Å². The molecule has 0 unspecified atom stereocenters. The predicted molar refractivity (Wildman–Crippen MR) is 82.5 cm³/mol. The lowest BCUT2D eigenvalue weighted by Gasteiger charge is -2.17. The molecule has 102 valence electrons. The maximum Gasteiger partial charge on any atom is 0.0835 e. The van der Waals surface area contributed by atoms with Gasteiger partial charge in [-0.2, -0.15) is 5.10 Å². The largest absolute Gasteiger partial charge is 0.343 e. The van der Waals surface area contributed by atoms with Crippen molar-refractivity contribution in [1.82, 2.24) is 14.8 Å². The van der Waals surface area contributed by atoms with E-state index in [-0.39, 0.29) is 0 Å². The molecule has 2 aromatic heterocycles. The first-order valence-electron chi connectivity index (χ1n) is 6.75. The van der Waals surface area contributed by atoms with Crippen LogP contribution >= 0.6 is 23.2 Å². The summed E-state index contributed by atoms with van der Waals surface area (Å²) in [5, 5.41) is 9.41. The van der Waals surface area contributed by atoms with E-state index in [1.54, 1.807) is 0 Å². The van der Waals surface area contributed by atoms with Gasteiger partial charge < -0.3 is 4.57 Å². The Morgan fingerprint density at radius 3 is 2.90 bits per heavy atom. The molecule has 0 spiro atoms. The van der Waals surface area contributed by atoms with E-state index in [4.69, 9.17) is 23.2 Å². The number of aryl methyl sites for hydroxylation is 1. The van der Waals surface area contributed by atoms with E-state index in [0.717, 1.165) is 29.4 Å². The third-order valence-electron chi connectivity index (χ3n) is 4.05. The first-order chi connectivity index (χ1) is 9.77. The summed E-state index contributed by atoms with van der Waals surface area (Å²) in [6.45, 7) is 1.00. The number of hydrogen-bond acceptors (Lipinski definition) is 1. The lowest BCUT2D eigenvalue weighted by atomic mass is 10.0. The molecule has 1 aromatic carbocycles. The van der Waals surface area contributed by atoms with Crippen LogP contribution in [0.1, 0.15) is 18.5 Å². The number of H-pyrrole nitrogens is 1. The zero-order valence-electron chi connectivity index (χ0n) is 10.8. The molecule has 20 heavy (non-hydrogen) atoms. The second-order valence-electron chi connectivity index (χ2n) is 5.17. The highest BCUT2D eigenvalue weighted by atomic mass is 35.5. The first-order valence-corrected chi connectivity index (χ1v) is 7.51. The number of nitrogens with one attached hydrogen (secondary N) is 1. The molecule has 5 heteroatoms. The van der Waals surface area contributed by atoms with Crippen LogP contribution in [-0.4, -0.2) is 14.8 Å². The molecule has 1 N–H and O–H groups in total. The van der Waals surface area contributed by atoms with Crippen LogP contribution in [0.15, 0.2) is 24.5 Å². The third-order valence-corrected chi connectivity index (χ3v) is 4.85. The van der Waals surface area contributed by atoms with Crippen LogP contribution in [0.3, 0.4) is 0 Å². The van der Waals surface area contributed by atoms with E-state index in [0.29, 0.717) is 10.0 Å². The lowest BCUT2D eigenvalue weighted by molar-refractivity contribution is 0.546. The fourth-order valence-electron chi connectivity index (χ4n) is 3.21. The third kappa shape index (κ3) is 1.63. The zero-order chi connectivity index (χ0) is 13.7. The molecule has 0 bridgehead atoms. The van der Waals surface area contributed by atoms with Crippen molar-refractivity contribution < 1.29 is 0 Å². The van der Waals surface area contributed by atoms with Crippen LogP contribution in [0.2, 0.25) is 10.0 Å². The minimum atomic E-state index is 0.615. The molecule has 0 saturated heterocycles. The van der Waals surface area contributed by atoms with Crippen molar-refractivity contribution in [2.45, 2.75) is 25.8 Å². The maximum absolute atomic E-state index is 6.46. The fourth-order valence-corrected chi connectivity index (χ4v) is 3.63. The number of hydrogen-bond donors (Lipinski definition) is 1. The average Bonchev–Trinajstić information content (AvgIpc) is 3.08. The number of halogens is 2.